The zero-order valence-electron chi connectivity index (χ0n) is 6.20. The second-order valence-electron chi connectivity index (χ2n) is 2.50. The Bertz CT molecular complexity index is 376. The molecule has 0 fully saturated rings. The van der Waals surface area contributed by atoms with Gasteiger partial charge in [0.15, 0.2) is 5.88 Å². The quantitative estimate of drug-likeness (QED) is 0.514. The van der Waals surface area contributed by atoms with Gasteiger partial charge < -0.3 is 15.2 Å². The van der Waals surface area contributed by atoms with E-state index in [0.717, 1.165) is 5.69 Å². The molecule has 4 nitrogen and oxygen atoms in total. The van der Waals surface area contributed by atoms with Crippen LogP contribution in [0.25, 0.3) is 11.3 Å². The van der Waals surface area contributed by atoms with Crippen molar-refractivity contribution in [3.8, 4) is 23.0 Å². The first-order valence-electron chi connectivity index (χ1n) is 3.52. The molecular formula is C8H8N2O2. The van der Waals surface area contributed by atoms with Gasteiger partial charge in [-0.25, -0.2) is 0 Å². The van der Waals surface area contributed by atoms with Crippen LogP contribution in [0.5, 0.6) is 11.8 Å². The van der Waals surface area contributed by atoms with Crippen LogP contribution in [0.2, 0.25) is 0 Å². The molecule has 0 aliphatic carbocycles. The normalized spacial score (nSPS) is 10.3. The number of hydrogen-bond acceptors (Lipinski definition) is 2. The summed E-state index contributed by atoms with van der Waals surface area (Å²) in [6.45, 7) is 0. The number of hydrogen-bond donors (Lipinski definition) is 4. The molecule has 0 unspecified atom stereocenters. The van der Waals surface area contributed by atoms with Gasteiger partial charge in [0, 0.05) is 12.3 Å². The second-order valence-corrected chi connectivity index (χ2v) is 2.50. The molecule has 0 aromatic carbocycles. The number of aromatic amines is 2. The molecule has 0 aliphatic rings. The van der Waals surface area contributed by atoms with Crippen LogP contribution in [0.4, 0.5) is 0 Å². The van der Waals surface area contributed by atoms with E-state index in [-0.39, 0.29) is 11.8 Å². The van der Waals surface area contributed by atoms with Gasteiger partial charge in [0.25, 0.3) is 0 Å². The average molecular weight is 164 g/mol. The number of H-pyrrole nitrogens is 2. The van der Waals surface area contributed by atoms with Crippen LogP contribution in [0.15, 0.2) is 24.4 Å². The maximum Gasteiger partial charge on any atom is 0.200 e. The molecule has 0 bridgehead atoms. The van der Waals surface area contributed by atoms with Crippen LogP contribution >= 0.6 is 0 Å². The van der Waals surface area contributed by atoms with Crippen molar-refractivity contribution in [3.63, 3.8) is 0 Å². The summed E-state index contributed by atoms with van der Waals surface area (Å²) in [5.41, 5.74) is 1.33. The highest BCUT2D eigenvalue weighted by atomic mass is 16.3. The summed E-state index contributed by atoms with van der Waals surface area (Å²) in [5.74, 6) is -0.0768. The zero-order chi connectivity index (χ0) is 8.55. The first kappa shape index (κ1) is 6.84. The lowest BCUT2D eigenvalue weighted by molar-refractivity contribution is 0.426. The molecule has 2 rings (SSSR count). The number of aromatic hydroxyl groups is 2. The number of rotatable bonds is 1. The Morgan fingerprint density at radius 1 is 1.25 bits per heavy atom. The molecule has 62 valence electrons. The van der Waals surface area contributed by atoms with Crippen LogP contribution in [0, 0.1) is 0 Å². The maximum atomic E-state index is 9.27. The molecule has 0 amide bonds. The van der Waals surface area contributed by atoms with E-state index >= 15 is 0 Å². The molecule has 2 heterocycles. The van der Waals surface area contributed by atoms with Crippen molar-refractivity contribution in [2.24, 2.45) is 0 Å². The second kappa shape index (κ2) is 2.34. The minimum Gasteiger partial charge on any atom is -0.494 e. The van der Waals surface area contributed by atoms with Crippen molar-refractivity contribution in [1.29, 1.82) is 0 Å². The van der Waals surface area contributed by atoms with Gasteiger partial charge in [0.1, 0.15) is 0 Å². The van der Waals surface area contributed by atoms with Crippen LogP contribution < -0.4 is 0 Å². The standard InChI is InChI=1S/C8H8N2O2/c11-7-4-5(8(12)10-7)6-2-1-3-9-6/h1-4,9-12H. The van der Waals surface area contributed by atoms with Gasteiger partial charge in [0.2, 0.25) is 5.88 Å². The third-order valence-corrected chi connectivity index (χ3v) is 1.67. The maximum absolute atomic E-state index is 9.27. The van der Waals surface area contributed by atoms with E-state index < -0.39 is 0 Å². The summed E-state index contributed by atoms with van der Waals surface area (Å²) in [6, 6.07) is 5.09. The van der Waals surface area contributed by atoms with Gasteiger partial charge in [0.05, 0.1) is 11.3 Å². The Kier molecular flexibility index (Phi) is 1.33. The number of nitrogens with one attached hydrogen (secondary N) is 2. The Morgan fingerprint density at radius 3 is 2.58 bits per heavy atom. The third kappa shape index (κ3) is 0.934. The van der Waals surface area contributed by atoms with Crippen LogP contribution in [-0.4, -0.2) is 20.2 Å². The molecule has 0 saturated carbocycles. The first-order chi connectivity index (χ1) is 5.77. The van der Waals surface area contributed by atoms with E-state index in [1.165, 1.54) is 6.07 Å². The fourth-order valence-corrected chi connectivity index (χ4v) is 1.13. The van der Waals surface area contributed by atoms with Crippen molar-refractivity contribution in [2.45, 2.75) is 0 Å². The molecule has 2 aromatic rings. The molecule has 0 atom stereocenters. The highest BCUT2D eigenvalue weighted by Crippen LogP contribution is 2.30. The summed E-state index contributed by atoms with van der Waals surface area (Å²) in [4.78, 5) is 5.30. The lowest BCUT2D eigenvalue weighted by atomic mass is 10.2. The first-order valence-corrected chi connectivity index (χ1v) is 3.52. The highest BCUT2D eigenvalue weighted by molar-refractivity contribution is 5.66. The molecule has 0 aliphatic heterocycles. The fourth-order valence-electron chi connectivity index (χ4n) is 1.13. The molecule has 4 N–H and O–H groups in total. The Labute approximate surface area is 68.5 Å². The predicted octanol–water partition coefficient (Wildman–Crippen LogP) is 1.42. The van der Waals surface area contributed by atoms with Gasteiger partial charge in [-0.3, -0.25) is 4.98 Å². The predicted molar refractivity (Wildman–Crippen MR) is 43.9 cm³/mol. The van der Waals surface area contributed by atoms with Crippen molar-refractivity contribution >= 4 is 0 Å². The van der Waals surface area contributed by atoms with Crippen LogP contribution in [0.1, 0.15) is 0 Å². The van der Waals surface area contributed by atoms with Gasteiger partial charge in [-0.1, -0.05) is 0 Å². The van der Waals surface area contributed by atoms with Gasteiger partial charge >= 0.3 is 0 Å². The molecule has 0 radical (unpaired) electrons. The van der Waals surface area contributed by atoms with Gasteiger partial charge in [-0.05, 0) is 12.1 Å². The largest absolute Gasteiger partial charge is 0.494 e. The summed E-state index contributed by atoms with van der Waals surface area (Å²) in [6.07, 6.45) is 1.75. The minimum atomic E-state index is -0.0444. The molecule has 12 heavy (non-hydrogen) atoms. The van der Waals surface area contributed by atoms with E-state index in [0.29, 0.717) is 5.56 Å². The summed E-state index contributed by atoms with van der Waals surface area (Å²) in [7, 11) is 0. The van der Waals surface area contributed by atoms with E-state index in [4.69, 9.17) is 5.11 Å². The van der Waals surface area contributed by atoms with E-state index in [1.807, 2.05) is 12.1 Å². The lowest BCUT2D eigenvalue weighted by Crippen LogP contribution is -1.72. The lowest BCUT2D eigenvalue weighted by Gasteiger charge is -1.91. The molecular weight excluding hydrogens is 156 g/mol. The number of aromatic nitrogens is 2. The summed E-state index contributed by atoms with van der Waals surface area (Å²) >= 11 is 0. The SMILES string of the molecule is Oc1cc(-c2ccc[nH]2)c(O)[nH]1. The Hall–Kier alpha value is -1.84. The topological polar surface area (TPSA) is 72.0 Å². The monoisotopic (exact) mass is 164 g/mol. The van der Waals surface area contributed by atoms with Gasteiger partial charge in [-0.2, -0.15) is 0 Å². The smallest absolute Gasteiger partial charge is 0.200 e. The fraction of sp³-hybridized carbons (Fsp3) is 0. The third-order valence-electron chi connectivity index (χ3n) is 1.67. The minimum absolute atomic E-state index is 0.0325. The molecule has 0 saturated heterocycles. The van der Waals surface area contributed by atoms with Gasteiger partial charge in [-0.15, -0.1) is 0 Å². The molecule has 2 aromatic heterocycles. The van der Waals surface area contributed by atoms with E-state index in [1.54, 1.807) is 6.20 Å². The summed E-state index contributed by atoms with van der Waals surface area (Å²) < 4.78 is 0. The average Bonchev–Trinajstić information content (AvgIpc) is 2.58. The zero-order valence-corrected chi connectivity index (χ0v) is 6.20. The van der Waals surface area contributed by atoms with Crippen molar-refractivity contribution < 1.29 is 10.2 Å². The molecule has 0 spiro atoms. The van der Waals surface area contributed by atoms with Crippen LogP contribution in [-0.2, 0) is 0 Å². The van der Waals surface area contributed by atoms with E-state index in [9.17, 15) is 5.11 Å². The summed E-state index contributed by atoms with van der Waals surface area (Å²) in [5, 5.41) is 18.3. The Morgan fingerprint density at radius 2 is 2.08 bits per heavy atom. The van der Waals surface area contributed by atoms with E-state index in [2.05, 4.69) is 9.97 Å². The van der Waals surface area contributed by atoms with Crippen molar-refractivity contribution in [3.05, 3.63) is 24.4 Å². The van der Waals surface area contributed by atoms with Crippen molar-refractivity contribution in [2.75, 3.05) is 0 Å². The van der Waals surface area contributed by atoms with Crippen molar-refractivity contribution in [1.82, 2.24) is 9.97 Å². The Balaban J connectivity index is 2.54. The molecule has 4 heteroatoms. The van der Waals surface area contributed by atoms with Crippen LogP contribution in [0.3, 0.4) is 0 Å². The highest BCUT2D eigenvalue weighted by Gasteiger charge is 2.08.